The summed E-state index contributed by atoms with van der Waals surface area (Å²) in [5, 5.41) is 4.48. The molecule has 0 saturated carbocycles. The molecule has 0 spiro atoms. The van der Waals surface area contributed by atoms with Crippen molar-refractivity contribution >= 4 is 20.3 Å². The van der Waals surface area contributed by atoms with Crippen molar-refractivity contribution in [2.24, 2.45) is 7.05 Å². The molecule has 26 heavy (non-hydrogen) atoms. The molecule has 3 heterocycles. The minimum atomic E-state index is -0.338. The Bertz CT molecular complexity index is 1060. The number of ketones is 1. The molecule has 1 aromatic carbocycles. The first kappa shape index (κ1) is 16.8. The maximum atomic E-state index is 13.8. The van der Waals surface area contributed by atoms with Crippen LogP contribution in [-0.4, -0.2) is 30.1 Å². The number of hydrogen-bond donors (Lipinski definition) is 0. The van der Waals surface area contributed by atoms with Gasteiger partial charge in [0.15, 0.2) is 0 Å². The van der Waals surface area contributed by atoms with Crippen LogP contribution in [0.1, 0.15) is 14.8 Å². The zero-order valence-electron chi connectivity index (χ0n) is 14.0. The number of rotatable bonds is 5. The summed E-state index contributed by atoms with van der Waals surface area (Å²) in [7, 11) is 1.87. The van der Waals surface area contributed by atoms with Gasteiger partial charge in [-0.05, 0) is 0 Å². The van der Waals surface area contributed by atoms with Crippen molar-refractivity contribution in [1.29, 1.82) is 0 Å². The Morgan fingerprint density at radius 2 is 2.04 bits per heavy atom. The quantitative estimate of drug-likeness (QED) is 0.368. The molecule has 0 aliphatic heterocycles. The molecule has 0 amide bonds. The fourth-order valence-corrected chi connectivity index (χ4v) is 4.85. The minimum absolute atomic E-state index is 0.0326. The van der Waals surface area contributed by atoms with Crippen molar-refractivity contribution in [3.63, 3.8) is 0 Å². The summed E-state index contributed by atoms with van der Waals surface area (Å²) >= 11 is -0.128. The predicted molar refractivity (Wildman–Crippen MR) is 97.7 cm³/mol. The van der Waals surface area contributed by atoms with Crippen LogP contribution < -0.4 is 0 Å². The molecular formula is C20H15FN2O2Se. The molecular weight excluding hydrogens is 398 g/mol. The van der Waals surface area contributed by atoms with E-state index in [2.05, 4.69) is 5.10 Å². The average molecular weight is 413 g/mol. The summed E-state index contributed by atoms with van der Waals surface area (Å²) in [5.74, 6) is 0.339. The van der Waals surface area contributed by atoms with Gasteiger partial charge in [-0.2, -0.15) is 0 Å². The standard InChI is InChI=1S/C20H15FN2O2Se/c1-23-16(12-15(22-23)18-7-4-10-25-18)19-8-9-20(26-19)17(24)11-13-5-2-3-6-14(13)21/h2-10,12H,11H2,1H3. The van der Waals surface area contributed by atoms with Gasteiger partial charge < -0.3 is 0 Å². The molecule has 0 aliphatic carbocycles. The van der Waals surface area contributed by atoms with Crippen LogP contribution in [0.15, 0.2) is 65.3 Å². The summed E-state index contributed by atoms with van der Waals surface area (Å²) < 4.78 is 22.8. The van der Waals surface area contributed by atoms with Gasteiger partial charge in [0.05, 0.1) is 0 Å². The number of nitrogens with zero attached hydrogens (tertiary/aromatic N) is 2. The van der Waals surface area contributed by atoms with Gasteiger partial charge in [-0.25, -0.2) is 0 Å². The monoisotopic (exact) mass is 414 g/mol. The van der Waals surface area contributed by atoms with Crippen LogP contribution in [0, 0.1) is 5.82 Å². The van der Waals surface area contributed by atoms with E-state index in [4.69, 9.17) is 4.42 Å². The van der Waals surface area contributed by atoms with Crippen molar-refractivity contribution in [3.8, 4) is 21.6 Å². The molecule has 3 aromatic heterocycles. The molecule has 0 radical (unpaired) electrons. The van der Waals surface area contributed by atoms with E-state index in [-0.39, 0.29) is 32.5 Å². The van der Waals surface area contributed by atoms with E-state index in [1.165, 1.54) is 6.07 Å². The van der Waals surface area contributed by atoms with Gasteiger partial charge in [-0.3, -0.25) is 0 Å². The Morgan fingerprint density at radius 1 is 1.19 bits per heavy atom. The van der Waals surface area contributed by atoms with Gasteiger partial charge in [0.1, 0.15) is 0 Å². The van der Waals surface area contributed by atoms with Crippen molar-refractivity contribution in [2.45, 2.75) is 6.42 Å². The molecule has 0 bridgehead atoms. The molecule has 4 nitrogen and oxygen atoms in total. The van der Waals surface area contributed by atoms with Gasteiger partial charge in [0.2, 0.25) is 0 Å². The van der Waals surface area contributed by atoms with Crippen molar-refractivity contribution < 1.29 is 13.6 Å². The van der Waals surface area contributed by atoms with Crippen LogP contribution in [-0.2, 0) is 13.5 Å². The van der Waals surface area contributed by atoms with E-state index in [1.54, 1.807) is 29.1 Å². The average Bonchev–Trinajstić information content (AvgIpc) is 3.36. The summed E-state index contributed by atoms with van der Waals surface area (Å²) in [6, 6.07) is 15.9. The number of Topliss-reactive ketones (excluding diaryl/α,β-unsaturated/α-hetero) is 1. The fourth-order valence-electron chi connectivity index (χ4n) is 2.77. The van der Waals surface area contributed by atoms with Crippen molar-refractivity contribution in [3.05, 3.63) is 76.7 Å². The van der Waals surface area contributed by atoms with Gasteiger partial charge in [0.25, 0.3) is 0 Å². The second-order valence-corrected chi connectivity index (χ2v) is 8.14. The van der Waals surface area contributed by atoms with E-state index in [9.17, 15) is 9.18 Å². The van der Waals surface area contributed by atoms with E-state index in [0.29, 0.717) is 11.3 Å². The van der Waals surface area contributed by atoms with Crippen molar-refractivity contribution in [1.82, 2.24) is 9.78 Å². The van der Waals surface area contributed by atoms with Crippen LogP contribution in [0.4, 0.5) is 4.39 Å². The Balaban J connectivity index is 1.58. The van der Waals surface area contributed by atoms with Crippen LogP contribution in [0.2, 0.25) is 0 Å². The normalized spacial score (nSPS) is 11.0. The number of hydrogen-bond acceptors (Lipinski definition) is 3. The number of carbonyl (C=O) groups is 1. The zero-order valence-corrected chi connectivity index (χ0v) is 15.7. The van der Waals surface area contributed by atoms with Gasteiger partial charge in [-0.1, -0.05) is 0 Å². The third kappa shape index (κ3) is 3.21. The first-order chi connectivity index (χ1) is 12.6. The molecule has 4 rings (SSSR count). The van der Waals surface area contributed by atoms with E-state index in [0.717, 1.165) is 20.3 Å². The third-order valence-electron chi connectivity index (χ3n) is 4.10. The van der Waals surface area contributed by atoms with Gasteiger partial charge in [0, 0.05) is 0 Å². The Kier molecular flexibility index (Phi) is 4.45. The second kappa shape index (κ2) is 6.90. The molecule has 130 valence electrons. The molecule has 0 saturated heterocycles. The summed E-state index contributed by atoms with van der Waals surface area (Å²) in [6.07, 6.45) is 1.70. The number of aromatic nitrogens is 2. The first-order valence-corrected chi connectivity index (χ1v) is 9.78. The van der Waals surface area contributed by atoms with E-state index < -0.39 is 0 Å². The maximum absolute atomic E-state index is 13.8. The third-order valence-corrected chi connectivity index (χ3v) is 6.51. The fraction of sp³-hybridized carbons (Fsp3) is 0.100. The van der Waals surface area contributed by atoms with Crippen LogP contribution in [0.25, 0.3) is 21.6 Å². The van der Waals surface area contributed by atoms with E-state index in [1.807, 2.05) is 37.4 Å². The Morgan fingerprint density at radius 3 is 2.81 bits per heavy atom. The molecule has 0 aliphatic rings. The molecule has 4 aromatic rings. The van der Waals surface area contributed by atoms with Crippen LogP contribution >= 0.6 is 0 Å². The predicted octanol–water partition coefficient (Wildman–Crippen LogP) is 3.97. The van der Waals surface area contributed by atoms with E-state index >= 15 is 0 Å². The molecule has 6 heteroatoms. The number of benzene rings is 1. The topological polar surface area (TPSA) is 48.0 Å². The van der Waals surface area contributed by atoms with Crippen LogP contribution in [0.3, 0.4) is 0 Å². The van der Waals surface area contributed by atoms with Crippen molar-refractivity contribution in [2.75, 3.05) is 0 Å². The Labute approximate surface area is 155 Å². The zero-order chi connectivity index (χ0) is 18.1. The second-order valence-electron chi connectivity index (χ2n) is 5.87. The number of furan rings is 1. The molecule has 0 fully saturated rings. The molecule has 0 atom stereocenters. The van der Waals surface area contributed by atoms with Gasteiger partial charge in [-0.15, -0.1) is 0 Å². The Hall–Kier alpha value is -2.69. The summed E-state index contributed by atoms with van der Waals surface area (Å²) in [6.45, 7) is 0. The van der Waals surface area contributed by atoms with Gasteiger partial charge >= 0.3 is 155 Å². The number of aryl methyl sites for hydroxylation is 1. The number of carbonyl (C=O) groups excluding carboxylic acids is 1. The summed E-state index contributed by atoms with van der Waals surface area (Å²) in [4.78, 5) is 12.5. The molecule has 0 unspecified atom stereocenters. The van der Waals surface area contributed by atoms with Crippen LogP contribution in [0.5, 0.6) is 0 Å². The molecule has 0 N–H and O–H groups in total. The SMILES string of the molecule is Cn1nc(-c2ccco2)cc1-c1ccc(C(=O)Cc2ccccc2F)[se]1. The first-order valence-electron chi connectivity index (χ1n) is 8.06. The summed E-state index contributed by atoms with van der Waals surface area (Å²) in [5.41, 5.74) is 2.15. The number of halogens is 1.